The number of rotatable bonds is 4. The van der Waals surface area contributed by atoms with Crippen molar-refractivity contribution in [1.29, 1.82) is 0 Å². The Morgan fingerprint density at radius 2 is 2.24 bits per heavy atom. The zero-order valence-electron chi connectivity index (χ0n) is 9.56. The molecule has 1 unspecified atom stereocenters. The lowest BCUT2D eigenvalue weighted by Gasteiger charge is -2.31. The van der Waals surface area contributed by atoms with Crippen molar-refractivity contribution < 1.29 is 8.42 Å². The molecule has 0 aliphatic heterocycles. The molecule has 4 nitrogen and oxygen atoms in total. The highest BCUT2D eigenvalue weighted by atomic mass is 35.5. The first-order valence-electron chi connectivity index (χ1n) is 5.62. The van der Waals surface area contributed by atoms with Gasteiger partial charge in [0.25, 0.3) is 0 Å². The van der Waals surface area contributed by atoms with Crippen LogP contribution in [0.4, 0.5) is 0 Å². The highest BCUT2D eigenvalue weighted by Crippen LogP contribution is 2.30. The number of aromatic nitrogens is 1. The number of sulfonamides is 1. The van der Waals surface area contributed by atoms with Crippen LogP contribution in [0.3, 0.4) is 0 Å². The highest BCUT2D eigenvalue weighted by molar-refractivity contribution is 7.89. The second kappa shape index (κ2) is 4.92. The van der Waals surface area contributed by atoms with Crippen LogP contribution < -0.4 is 4.72 Å². The van der Waals surface area contributed by atoms with Gasteiger partial charge < -0.3 is 0 Å². The molecule has 1 saturated carbocycles. The SMILES string of the molecule is CC(NS(=O)(=O)c1cnccc1Cl)C1CCC1. The zero-order valence-corrected chi connectivity index (χ0v) is 11.1. The van der Waals surface area contributed by atoms with Crippen LogP contribution in [0.5, 0.6) is 0 Å². The largest absolute Gasteiger partial charge is 0.263 e. The van der Waals surface area contributed by atoms with Crippen LogP contribution in [0.15, 0.2) is 23.4 Å². The molecule has 0 bridgehead atoms. The third kappa shape index (κ3) is 2.78. The number of nitrogens with one attached hydrogen (secondary N) is 1. The van der Waals surface area contributed by atoms with Crippen molar-refractivity contribution in [1.82, 2.24) is 9.71 Å². The summed E-state index contributed by atoms with van der Waals surface area (Å²) >= 11 is 5.86. The number of hydrogen-bond acceptors (Lipinski definition) is 3. The lowest BCUT2D eigenvalue weighted by atomic mass is 9.81. The summed E-state index contributed by atoms with van der Waals surface area (Å²) in [4.78, 5) is 3.84. The molecule has 1 aromatic rings. The van der Waals surface area contributed by atoms with E-state index in [1.165, 1.54) is 24.9 Å². The van der Waals surface area contributed by atoms with Gasteiger partial charge in [0.05, 0.1) is 5.02 Å². The summed E-state index contributed by atoms with van der Waals surface area (Å²) in [5, 5.41) is 0.202. The van der Waals surface area contributed by atoms with Crippen LogP contribution in [0.25, 0.3) is 0 Å². The smallest absolute Gasteiger partial charge is 0.243 e. The quantitative estimate of drug-likeness (QED) is 0.916. The molecule has 0 saturated heterocycles. The van der Waals surface area contributed by atoms with E-state index in [1.807, 2.05) is 6.92 Å². The van der Waals surface area contributed by atoms with Gasteiger partial charge in [0.15, 0.2) is 0 Å². The van der Waals surface area contributed by atoms with Crippen LogP contribution in [0.2, 0.25) is 5.02 Å². The van der Waals surface area contributed by atoms with E-state index in [-0.39, 0.29) is 16.0 Å². The molecule has 1 aliphatic rings. The number of hydrogen-bond donors (Lipinski definition) is 1. The Labute approximate surface area is 106 Å². The van der Waals surface area contributed by atoms with Crippen molar-refractivity contribution >= 4 is 21.6 Å². The van der Waals surface area contributed by atoms with Crippen LogP contribution in [0.1, 0.15) is 26.2 Å². The predicted molar refractivity (Wildman–Crippen MR) is 66.4 cm³/mol. The predicted octanol–water partition coefficient (Wildman–Crippen LogP) is 2.20. The topological polar surface area (TPSA) is 59.1 Å². The summed E-state index contributed by atoms with van der Waals surface area (Å²) in [5.74, 6) is 0.445. The molecule has 1 fully saturated rings. The van der Waals surface area contributed by atoms with Gasteiger partial charge in [0, 0.05) is 18.4 Å². The lowest BCUT2D eigenvalue weighted by molar-refractivity contribution is 0.260. The first kappa shape index (κ1) is 12.8. The molecule has 1 aliphatic carbocycles. The summed E-state index contributed by atoms with van der Waals surface area (Å²) in [6.45, 7) is 1.89. The first-order valence-corrected chi connectivity index (χ1v) is 7.48. The Hall–Kier alpha value is -0.650. The van der Waals surface area contributed by atoms with Crippen molar-refractivity contribution in [2.45, 2.75) is 37.1 Å². The van der Waals surface area contributed by atoms with E-state index in [4.69, 9.17) is 11.6 Å². The molecule has 0 radical (unpaired) electrons. The maximum atomic E-state index is 12.1. The Morgan fingerprint density at radius 1 is 1.53 bits per heavy atom. The van der Waals surface area contributed by atoms with Gasteiger partial charge in [-0.25, -0.2) is 13.1 Å². The molecular formula is C11H15ClN2O2S. The minimum atomic E-state index is -3.56. The van der Waals surface area contributed by atoms with Crippen molar-refractivity contribution in [3.05, 3.63) is 23.5 Å². The molecule has 1 N–H and O–H groups in total. The average molecular weight is 275 g/mol. The fourth-order valence-electron chi connectivity index (χ4n) is 1.91. The maximum absolute atomic E-state index is 12.1. The van der Waals surface area contributed by atoms with Gasteiger partial charge in [-0.1, -0.05) is 18.0 Å². The molecule has 6 heteroatoms. The molecule has 1 aromatic heterocycles. The van der Waals surface area contributed by atoms with Gasteiger partial charge in [-0.3, -0.25) is 4.98 Å². The monoisotopic (exact) mass is 274 g/mol. The summed E-state index contributed by atoms with van der Waals surface area (Å²) in [5.41, 5.74) is 0. The molecule has 2 rings (SSSR count). The summed E-state index contributed by atoms with van der Waals surface area (Å²) in [6, 6.07) is 1.43. The minimum absolute atomic E-state index is 0.0489. The highest BCUT2D eigenvalue weighted by Gasteiger charge is 2.28. The van der Waals surface area contributed by atoms with Gasteiger partial charge in [-0.05, 0) is 31.7 Å². The average Bonchev–Trinajstić information content (AvgIpc) is 2.13. The standard InChI is InChI=1S/C11H15ClN2O2S/c1-8(9-3-2-4-9)14-17(15,16)11-7-13-6-5-10(11)12/h5-9,14H,2-4H2,1H3. The van der Waals surface area contributed by atoms with Crippen molar-refractivity contribution in [3.8, 4) is 0 Å². The van der Waals surface area contributed by atoms with E-state index in [1.54, 1.807) is 0 Å². The van der Waals surface area contributed by atoms with E-state index in [0.29, 0.717) is 5.92 Å². The summed E-state index contributed by atoms with van der Waals surface area (Å²) in [7, 11) is -3.56. The first-order chi connectivity index (χ1) is 8.00. The zero-order chi connectivity index (χ0) is 12.5. The van der Waals surface area contributed by atoms with Crippen LogP contribution >= 0.6 is 11.6 Å². The molecular weight excluding hydrogens is 260 g/mol. The summed E-state index contributed by atoms with van der Waals surface area (Å²) < 4.78 is 26.8. The van der Waals surface area contributed by atoms with E-state index in [0.717, 1.165) is 12.8 Å². The second-order valence-electron chi connectivity index (χ2n) is 4.41. The Kier molecular flexibility index (Phi) is 3.70. The second-order valence-corrected chi connectivity index (χ2v) is 6.50. The fourth-order valence-corrected chi connectivity index (χ4v) is 3.65. The number of nitrogens with zero attached hydrogens (tertiary/aromatic N) is 1. The van der Waals surface area contributed by atoms with E-state index < -0.39 is 10.0 Å². The van der Waals surface area contributed by atoms with Gasteiger partial charge >= 0.3 is 0 Å². The van der Waals surface area contributed by atoms with Gasteiger partial charge in [-0.15, -0.1) is 0 Å². The molecule has 1 atom stereocenters. The van der Waals surface area contributed by atoms with E-state index >= 15 is 0 Å². The van der Waals surface area contributed by atoms with Crippen LogP contribution in [-0.2, 0) is 10.0 Å². The third-order valence-corrected chi connectivity index (χ3v) is 5.25. The van der Waals surface area contributed by atoms with Gasteiger partial charge in [-0.2, -0.15) is 0 Å². The Balaban J connectivity index is 2.16. The Morgan fingerprint density at radius 3 is 2.76 bits per heavy atom. The lowest BCUT2D eigenvalue weighted by Crippen LogP contribution is -2.40. The normalized spacial score (nSPS) is 18.7. The van der Waals surface area contributed by atoms with Gasteiger partial charge in [0.2, 0.25) is 10.0 Å². The molecule has 1 heterocycles. The third-order valence-electron chi connectivity index (χ3n) is 3.22. The van der Waals surface area contributed by atoms with Crippen molar-refractivity contribution in [3.63, 3.8) is 0 Å². The fraction of sp³-hybridized carbons (Fsp3) is 0.545. The number of pyridine rings is 1. The molecule has 0 amide bonds. The molecule has 94 valence electrons. The summed E-state index contributed by atoms with van der Waals surface area (Å²) in [6.07, 6.45) is 6.11. The maximum Gasteiger partial charge on any atom is 0.243 e. The van der Waals surface area contributed by atoms with E-state index in [9.17, 15) is 8.42 Å². The number of halogens is 1. The molecule has 17 heavy (non-hydrogen) atoms. The van der Waals surface area contributed by atoms with Crippen LogP contribution in [-0.4, -0.2) is 19.4 Å². The van der Waals surface area contributed by atoms with E-state index in [2.05, 4.69) is 9.71 Å². The van der Waals surface area contributed by atoms with Gasteiger partial charge in [0.1, 0.15) is 4.90 Å². The van der Waals surface area contributed by atoms with Crippen molar-refractivity contribution in [2.75, 3.05) is 0 Å². The molecule has 0 aromatic carbocycles. The van der Waals surface area contributed by atoms with Crippen molar-refractivity contribution in [2.24, 2.45) is 5.92 Å². The minimum Gasteiger partial charge on any atom is -0.263 e. The Bertz CT molecular complexity index is 500. The van der Waals surface area contributed by atoms with Crippen LogP contribution in [0, 0.1) is 5.92 Å². The molecule has 0 spiro atoms.